The van der Waals surface area contributed by atoms with Crippen molar-refractivity contribution in [3.63, 3.8) is 0 Å². The van der Waals surface area contributed by atoms with Crippen LogP contribution in [0.15, 0.2) is 34.4 Å². The second-order valence-electron chi connectivity index (χ2n) is 2.96. The molecule has 1 aromatic carbocycles. The molecule has 2 aromatic rings. The summed E-state index contributed by atoms with van der Waals surface area (Å²) >= 11 is 4.56. The summed E-state index contributed by atoms with van der Waals surface area (Å²) in [5.74, 6) is -0.354. The number of benzene rings is 1. The largest absolute Gasteiger partial charge is 0.383 e. The molecular formula is C10H7BrFNOS. The maximum absolute atomic E-state index is 12.9. The van der Waals surface area contributed by atoms with Crippen molar-refractivity contribution in [3.8, 4) is 0 Å². The van der Waals surface area contributed by atoms with E-state index in [2.05, 4.69) is 20.9 Å². The summed E-state index contributed by atoms with van der Waals surface area (Å²) < 4.78 is 13.5. The quantitative estimate of drug-likeness (QED) is 0.921. The number of hydrogen-bond acceptors (Lipinski definition) is 3. The summed E-state index contributed by atoms with van der Waals surface area (Å²) in [6.45, 7) is 0. The van der Waals surface area contributed by atoms with Gasteiger partial charge in [0.25, 0.3) is 0 Å². The number of aliphatic hydroxyl groups excluding tert-OH is 1. The fourth-order valence-electron chi connectivity index (χ4n) is 1.25. The molecule has 2 nitrogen and oxygen atoms in total. The number of hydrogen-bond donors (Lipinski definition) is 1. The van der Waals surface area contributed by atoms with Gasteiger partial charge in [0.05, 0.1) is 10.4 Å². The number of aliphatic hydroxyl groups is 1. The fourth-order valence-corrected chi connectivity index (χ4v) is 2.67. The zero-order valence-corrected chi connectivity index (χ0v) is 9.93. The van der Waals surface area contributed by atoms with Gasteiger partial charge in [-0.3, -0.25) is 0 Å². The van der Waals surface area contributed by atoms with Gasteiger partial charge >= 0.3 is 0 Å². The van der Waals surface area contributed by atoms with Gasteiger partial charge in [0.1, 0.15) is 16.5 Å². The Morgan fingerprint density at radius 1 is 1.47 bits per heavy atom. The Morgan fingerprint density at radius 3 is 2.87 bits per heavy atom. The first kappa shape index (κ1) is 10.7. The maximum atomic E-state index is 12.9. The van der Waals surface area contributed by atoms with Crippen molar-refractivity contribution in [1.29, 1.82) is 0 Å². The molecule has 0 aliphatic rings. The molecule has 0 aliphatic carbocycles. The first-order valence-corrected chi connectivity index (χ1v) is 5.88. The second-order valence-corrected chi connectivity index (χ2v) is 4.60. The average Bonchev–Trinajstić information content (AvgIpc) is 2.63. The molecule has 5 heteroatoms. The molecule has 1 N–H and O–H groups in total. The smallest absolute Gasteiger partial charge is 0.123 e. The van der Waals surface area contributed by atoms with Gasteiger partial charge < -0.3 is 5.11 Å². The highest BCUT2D eigenvalue weighted by Gasteiger charge is 2.16. The third-order valence-electron chi connectivity index (χ3n) is 1.96. The van der Waals surface area contributed by atoms with E-state index >= 15 is 0 Å². The van der Waals surface area contributed by atoms with Gasteiger partial charge in [-0.25, -0.2) is 9.37 Å². The molecule has 15 heavy (non-hydrogen) atoms. The van der Waals surface area contributed by atoms with Crippen LogP contribution < -0.4 is 0 Å². The van der Waals surface area contributed by atoms with E-state index in [9.17, 15) is 9.50 Å². The minimum atomic E-state index is -0.831. The first-order chi connectivity index (χ1) is 7.18. The Bertz CT molecular complexity index is 474. The normalized spacial score (nSPS) is 12.7. The molecule has 0 amide bonds. The highest BCUT2D eigenvalue weighted by atomic mass is 79.9. The summed E-state index contributed by atoms with van der Waals surface area (Å²) in [4.78, 5) is 4.65. The van der Waals surface area contributed by atoms with Crippen molar-refractivity contribution in [2.45, 2.75) is 6.10 Å². The topological polar surface area (TPSA) is 33.1 Å². The summed E-state index contributed by atoms with van der Waals surface area (Å²) in [7, 11) is 0. The molecule has 0 aliphatic heterocycles. The van der Waals surface area contributed by atoms with Crippen molar-refractivity contribution in [2.75, 3.05) is 0 Å². The lowest BCUT2D eigenvalue weighted by Crippen LogP contribution is -1.98. The Hall–Kier alpha value is -0.780. The van der Waals surface area contributed by atoms with E-state index in [4.69, 9.17) is 0 Å². The summed E-state index contributed by atoms with van der Waals surface area (Å²) in [5.41, 5.74) is 2.15. The van der Waals surface area contributed by atoms with Gasteiger partial charge in [0, 0.05) is 0 Å². The molecule has 0 fully saturated rings. The number of nitrogens with zero attached hydrogens (tertiary/aromatic N) is 1. The van der Waals surface area contributed by atoms with Crippen LogP contribution in [0.25, 0.3) is 0 Å². The number of thiazole rings is 1. The molecule has 1 heterocycles. The highest BCUT2D eigenvalue weighted by Crippen LogP contribution is 2.31. The van der Waals surface area contributed by atoms with E-state index in [1.165, 1.54) is 23.5 Å². The van der Waals surface area contributed by atoms with Gasteiger partial charge in [-0.1, -0.05) is 12.1 Å². The van der Waals surface area contributed by atoms with Gasteiger partial charge in [-0.15, -0.1) is 11.3 Å². The lowest BCUT2D eigenvalue weighted by molar-refractivity contribution is 0.222. The Labute approximate surface area is 98.5 Å². The molecule has 0 radical (unpaired) electrons. The van der Waals surface area contributed by atoms with Crippen molar-refractivity contribution in [3.05, 3.63) is 50.6 Å². The molecule has 0 spiro atoms. The minimum absolute atomic E-state index is 0.354. The predicted molar refractivity (Wildman–Crippen MR) is 60.3 cm³/mol. The van der Waals surface area contributed by atoms with Crippen LogP contribution in [0.4, 0.5) is 4.39 Å². The predicted octanol–water partition coefficient (Wildman–Crippen LogP) is 3.13. The maximum Gasteiger partial charge on any atom is 0.123 e. The Balaban J connectivity index is 2.36. The van der Waals surface area contributed by atoms with Crippen molar-refractivity contribution < 1.29 is 9.50 Å². The molecule has 0 saturated heterocycles. The van der Waals surface area contributed by atoms with Crippen LogP contribution >= 0.6 is 27.3 Å². The number of rotatable bonds is 2. The van der Waals surface area contributed by atoms with Crippen LogP contribution in [0.2, 0.25) is 0 Å². The molecule has 1 aromatic heterocycles. The van der Waals surface area contributed by atoms with Crippen molar-refractivity contribution in [1.82, 2.24) is 4.98 Å². The third kappa shape index (κ3) is 2.25. The minimum Gasteiger partial charge on any atom is -0.383 e. The van der Waals surface area contributed by atoms with E-state index in [1.54, 1.807) is 17.6 Å². The lowest BCUT2D eigenvalue weighted by atomic mass is 10.1. The fraction of sp³-hybridized carbons (Fsp3) is 0.100. The van der Waals surface area contributed by atoms with Crippen molar-refractivity contribution >= 4 is 27.3 Å². The third-order valence-corrected chi connectivity index (χ3v) is 3.74. The average molecular weight is 288 g/mol. The molecule has 1 unspecified atom stereocenters. The molecule has 0 bridgehead atoms. The standard InChI is InChI=1S/C10H7BrFNOS/c11-10-9(15-5-13-10)8(14)6-2-1-3-7(12)4-6/h1-5,8,14H. The van der Waals surface area contributed by atoms with Gasteiger partial charge in [-0.2, -0.15) is 0 Å². The van der Waals surface area contributed by atoms with Gasteiger partial charge in [-0.05, 0) is 33.6 Å². The summed E-state index contributed by atoms with van der Waals surface area (Å²) in [6, 6.07) is 5.91. The first-order valence-electron chi connectivity index (χ1n) is 4.21. The van der Waals surface area contributed by atoms with Crippen LogP contribution in [0.5, 0.6) is 0 Å². The van der Waals surface area contributed by atoms with E-state index in [-0.39, 0.29) is 5.82 Å². The highest BCUT2D eigenvalue weighted by molar-refractivity contribution is 9.10. The van der Waals surface area contributed by atoms with Crippen LogP contribution in [0.3, 0.4) is 0 Å². The second kappa shape index (κ2) is 4.38. The zero-order chi connectivity index (χ0) is 10.8. The Morgan fingerprint density at radius 2 is 2.27 bits per heavy atom. The van der Waals surface area contributed by atoms with E-state index < -0.39 is 6.10 Å². The molecule has 2 rings (SSSR count). The zero-order valence-electron chi connectivity index (χ0n) is 7.52. The van der Waals surface area contributed by atoms with Crippen molar-refractivity contribution in [2.24, 2.45) is 0 Å². The van der Waals surface area contributed by atoms with Crippen LogP contribution in [-0.2, 0) is 0 Å². The summed E-state index contributed by atoms with van der Waals surface area (Å²) in [5, 5.41) is 9.96. The van der Waals surface area contributed by atoms with Crippen LogP contribution in [0, 0.1) is 5.82 Å². The lowest BCUT2D eigenvalue weighted by Gasteiger charge is -2.08. The van der Waals surface area contributed by atoms with Crippen LogP contribution in [0.1, 0.15) is 16.5 Å². The number of halogens is 2. The van der Waals surface area contributed by atoms with Gasteiger partial charge in [0.2, 0.25) is 0 Å². The van der Waals surface area contributed by atoms with Gasteiger partial charge in [0.15, 0.2) is 0 Å². The SMILES string of the molecule is OC(c1cccc(F)c1)c1scnc1Br. The summed E-state index contributed by atoms with van der Waals surface area (Å²) in [6.07, 6.45) is -0.831. The molecule has 1 atom stereocenters. The molecule has 78 valence electrons. The van der Waals surface area contributed by atoms with E-state index in [1.807, 2.05) is 0 Å². The van der Waals surface area contributed by atoms with E-state index in [0.717, 1.165) is 0 Å². The Kier molecular flexibility index (Phi) is 3.14. The van der Waals surface area contributed by atoms with E-state index in [0.29, 0.717) is 15.0 Å². The van der Waals surface area contributed by atoms with Crippen LogP contribution in [-0.4, -0.2) is 10.1 Å². The molecular weight excluding hydrogens is 281 g/mol. The monoisotopic (exact) mass is 287 g/mol. The number of aromatic nitrogens is 1. The molecule has 0 saturated carbocycles.